The van der Waals surface area contributed by atoms with Crippen LogP contribution in [-0.4, -0.2) is 41.1 Å². The second-order valence-corrected chi connectivity index (χ2v) is 5.43. The monoisotopic (exact) mass is 234 g/mol. The summed E-state index contributed by atoms with van der Waals surface area (Å²) in [5.41, 5.74) is 1.39. The van der Waals surface area contributed by atoms with Gasteiger partial charge in [0.2, 0.25) is 0 Å². The number of likely N-dealkylation sites (tertiary alicyclic amines) is 1. The molecule has 0 radical (unpaired) electrons. The quantitative estimate of drug-likeness (QED) is 0.843. The van der Waals surface area contributed by atoms with Crippen LogP contribution in [0.2, 0.25) is 0 Å². The molecule has 4 nitrogen and oxygen atoms in total. The second kappa shape index (κ2) is 4.78. The molecule has 94 valence electrons. The molecule has 0 aromatic carbocycles. The fourth-order valence-electron chi connectivity index (χ4n) is 3.19. The maximum absolute atomic E-state index is 4.37. The third kappa shape index (κ3) is 2.24. The molecule has 3 heterocycles. The Bertz CT molecular complexity index is 367. The normalized spacial score (nSPS) is 30.9. The maximum atomic E-state index is 4.37. The smallest absolute Gasteiger partial charge is 0.0951 e. The highest BCUT2D eigenvalue weighted by Gasteiger charge is 2.25. The SMILES string of the molecule is CN1CCCC(n2cncc2[C@@H]2CCCN2)C1. The molecule has 0 amide bonds. The maximum Gasteiger partial charge on any atom is 0.0951 e. The molecule has 3 rings (SSSR count). The first-order valence-electron chi connectivity index (χ1n) is 6.78. The van der Waals surface area contributed by atoms with Gasteiger partial charge in [0.05, 0.1) is 12.0 Å². The summed E-state index contributed by atoms with van der Waals surface area (Å²) in [5.74, 6) is 0. The zero-order valence-corrected chi connectivity index (χ0v) is 10.6. The zero-order valence-electron chi connectivity index (χ0n) is 10.6. The molecule has 2 atom stereocenters. The largest absolute Gasteiger partial charge is 0.329 e. The van der Waals surface area contributed by atoms with Crippen LogP contribution in [0, 0.1) is 0 Å². The van der Waals surface area contributed by atoms with Gasteiger partial charge in [-0.25, -0.2) is 4.98 Å². The number of nitrogens with one attached hydrogen (secondary N) is 1. The van der Waals surface area contributed by atoms with Gasteiger partial charge >= 0.3 is 0 Å². The predicted octanol–water partition coefficient (Wildman–Crippen LogP) is 1.57. The van der Waals surface area contributed by atoms with Crippen molar-refractivity contribution in [3.8, 4) is 0 Å². The van der Waals surface area contributed by atoms with E-state index in [1.54, 1.807) is 0 Å². The molecule has 1 N–H and O–H groups in total. The summed E-state index contributed by atoms with van der Waals surface area (Å²) in [6.45, 7) is 3.55. The molecule has 2 aliphatic heterocycles. The van der Waals surface area contributed by atoms with Gasteiger partial charge < -0.3 is 14.8 Å². The van der Waals surface area contributed by atoms with Gasteiger partial charge in [0.15, 0.2) is 0 Å². The molecule has 0 spiro atoms. The average Bonchev–Trinajstić information content (AvgIpc) is 3.00. The summed E-state index contributed by atoms with van der Waals surface area (Å²) < 4.78 is 2.42. The van der Waals surface area contributed by atoms with E-state index in [2.05, 4.69) is 33.0 Å². The van der Waals surface area contributed by atoms with Crippen LogP contribution >= 0.6 is 0 Å². The van der Waals surface area contributed by atoms with E-state index in [9.17, 15) is 0 Å². The van der Waals surface area contributed by atoms with Crippen molar-refractivity contribution in [2.24, 2.45) is 0 Å². The molecule has 4 heteroatoms. The number of aromatic nitrogens is 2. The Morgan fingerprint density at radius 2 is 2.29 bits per heavy atom. The minimum Gasteiger partial charge on any atom is -0.329 e. The molecule has 17 heavy (non-hydrogen) atoms. The number of rotatable bonds is 2. The van der Waals surface area contributed by atoms with E-state index in [1.165, 1.54) is 37.9 Å². The van der Waals surface area contributed by atoms with E-state index in [1.807, 2.05) is 6.33 Å². The highest BCUT2D eigenvalue weighted by atomic mass is 15.2. The van der Waals surface area contributed by atoms with Crippen molar-refractivity contribution in [3.05, 3.63) is 18.2 Å². The van der Waals surface area contributed by atoms with Crippen molar-refractivity contribution in [3.63, 3.8) is 0 Å². The van der Waals surface area contributed by atoms with Crippen molar-refractivity contribution in [1.82, 2.24) is 19.8 Å². The topological polar surface area (TPSA) is 33.1 Å². The van der Waals surface area contributed by atoms with Crippen LogP contribution in [0.4, 0.5) is 0 Å². The second-order valence-electron chi connectivity index (χ2n) is 5.43. The summed E-state index contributed by atoms with van der Waals surface area (Å²) >= 11 is 0. The first kappa shape index (κ1) is 11.2. The molecule has 2 aliphatic rings. The third-order valence-electron chi connectivity index (χ3n) is 4.11. The molecular formula is C13H22N4. The van der Waals surface area contributed by atoms with E-state index in [-0.39, 0.29) is 0 Å². The first-order valence-corrected chi connectivity index (χ1v) is 6.78. The third-order valence-corrected chi connectivity index (χ3v) is 4.11. The lowest BCUT2D eigenvalue weighted by molar-refractivity contribution is 0.208. The van der Waals surface area contributed by atoms with Crippen molar-refractivity contribution in [1.29, 1.82) is 0 Å². The van der Waals surface area contributed by atoms with Gasteiger partial charge in [-0.15, -0.1) is 0 Å². The Balaban J connectivity index is 1.79. The summed E-state index contributed by atoms with van der Waals surface area (Å²) in [4.78, 5) is 6.80. The number of imidazole rings is 1. The fourth-order valence-corrected chi connectivity index (χ4v) is 3.19. The van der Waals surface area contributed by atoms with E-state index >= 15 is 0 Å². The average molecular weight is 234 g/mol. The zero-order chi connectivity index (χ0) is 11.7. The predicted molar refractivity (Wildman–Crippen MR) is 68.0 cm³/mol. The Morgan fingerprint density at radius 3 is 3.06 bits per heavy atom. The first-order chi connectivity index (χ1) is 8.34. The van der Waals surface area contributed by atoms with Gasteiger partial charge in [-0.1, -0.05) is 0 Å². The van der Waals surface area contributed by atoms with Gasteiger partial charge in [-0.3, -0.25) is 0 Å². The molecule has 2 fully saturated rings. The van der Waals surface area contributed by atoms with Crippen LogP contribution in [0.1, 0.15) is 43.5 Å². The Morgan fingerprint density at radius 1 is 1.35 bits per heavy atom. The van der Waals surface area contributed by atoms with E-state index < -0.39 is 0 Å². The number of likely N-dealkylation sites (N-methyl/N-ethyl adjacent to an activating group) is 1. The molecular weight excluding hydrogens is 212 g/mol. The summed E-state index contributed by atoms with van der Waals surface area (Å²) in [7, 11) is 2.22. The van der Waals surface area contributed by atoms with Gasteiger partial charge in [-0.2, -0.15) is 0 Å². The Hall–Kier alpha value is -0.870. The fraction of sp³-hybridized carbons (Fsp3) is 0.769. The van der Waals surface area contributed by atoms with E-state index in [0.717, 1.165) is 13.1 Å². The molecule has 1 aromatic rings. The van der Waals surface area contributed by atoms with Gasteiger partial charge in [0.25, 0.3) is 0 Å². The summed E-state index contributed by atoms with van der Waals surface area (Å²) in [6, 6.07) is 1.15. The van der Waals surface area contributed by atoms with Crippen LogP contribution in [0.5, 0.6) is 0 Å². The molecule has 0 saturated carbocycles. The number of hydrogen-bond acceptors (Lipinski definition) is 3. The Kier molecular flexibility index (Phi) is 3.16. The van der Waals surface area contributed by atoms with Gasteiger partial charge in [0.1, 0.15) is 0 Å². The number of piperidine rings is 1. The van der Waals surface area contributed by atoms with Crippen LogP contribution in [0.15, 0.2) is 12.5 Å². The van der Waals surface area contributed by atoms with Crippen LogP contribution in [-0.2, 0) is 0 Å². The standard InChI is InChI=1S/C13H22N4/c1-16-7-3-4-11(9-16)17-10-14-8-13(17)12-5-2-6-15-12/h8,10-12,15H,2-7,9H2,1H3/t11?,12-/m0/s1. The Labute approximate surface area is 103 Å². The van der Waals surface area contributed by atoms with Gasteiger partial charge in [0, 0.05) is 24.8 Å². The molecule has 1 unspecified atom stereocenters. The van der Waals surface area contributed by atoms with Crippen molar-refractivity contribution >= 4 is 0 Å². The molecule has 0 bridgehead atoms. The van der Waals surface area contributed by atoms with Crippen molar-refractivity contribution < 1.29 is 0 Å². The van der Waals surface area contributed by atoms with Crippen molar-refractivity contribution in [2.75, 3.05) is 26.7 Å². The highest BCUT2D eigenvalue weighted by molar-refractivity contribution is 5.09. The van der Waals surface area contributed by atoms with Gasteiger partial charge in [-0.05, 0) is 45.8 Å². The highest BCUT2D eigenvalue weighted by Crippen LogP contribution is 2.28. The minimum absolute atomic E-state index is 0.532. The molecule has 0 aliphatic carbocycles. The minimum atomic E-state index is 0.532. The molecule has 2 saturated heterocycles. The van der Waals surface area contributed by atoms with Crippen molar-refractivity contribution in [2.45, 2.75) is 37.8 Å². The molecule has 1 aromatic heterocycles. The van der Waals surface area contributed by atoms with E-state index in [0.29, 0.717) is 12.1 Å². The van der Waals surface area contributed by atoms with Crippen LogP contribution < -0.4 is 5.32 Å². The lowest BCUT2D eigenvalue weighted by Crippen LogP contribution is -2.34. The number of nitrogens with zero attached hydrogens (tertiary/aromatic N) is 3. The summed E-state index contributed by atoms with van der Waals surface area (Å²) in [6.07, 6.45) is 9.22. The summed E-state index contributed by atoms with van der Waals surface area (Å²) in [5, 5.41) is 3.58. The lowest BCUT2D eigenvalue weighted by atomic mass is 10.0. The number of hydrogen-bond donors (Lipinski definition) is 1. The lowest BCUT2D eigenvalue weighted by Gasteiger charge is -2.32. The van der Waals surface area contributed by atoms with Crippen LogP contribution in [0.25, 0.3) is 0 Å². The van der Waals surface area contributed by atoms with E-state index in [4.69, 9.17) is 0 Å². The van der Waals surface area contributed by atoms with Crippen LogP contribution in [0.3, 0.4) is 0 Å².